The number of nitrogen functional groups attached to an aromatic ring is 1. The molecule has 3 rings (SSSR count). The summed E-state index contributed by atoms with van der Waals surface area (Å²) in [6, 6.07) is 7.73. The van der Waals surface area contributed by atoms with Crippen molar-refractivity contribution in [1.82, 2.24) is 4.57 Å². The lowest BCUT2D eigenvalue weighted by molar-refractivity contribution is 0.694. The molecule has 1 aliphatic rings. The molecule has 1 atom stereocenters. The summed E-state index contributed by atoms with van der Waals surface area (Å²) in [7, 11) is 1.79. The number of aryl methyl sites for hydroxylation is 1. The average Bonchev–Trinajstić information content (AvgIpc) is 3.19. The van der Waals surface area contributed by atoms with Gasteiger partial charge in [0.05, 0.1) is 5.52 Å². The van der Waals surface area contributed by atoms with E-state index in [2.05, 4.69) is 12.2 Å². The van der Waals surface area contributed by atoms with E-state index < -0.39 is 0 Å². The SMILES string of the molecule is CC(Nc1cc(=O)n(C)c2ccc(N)cc12)C1CC1. The summed E-state index contributed by atoms with van der Waals surface area (Å²) in [5.41, 5.74) is 8.39. The number of aromatic nitrogens is 1. The molecule has 0 saturated heterocycles. The quantitative estimate of drug-likeness (QED) is 0.830. The molecule has 1 aromatic carbocycles. The number of hydrogen-bond donors (Lipinski definition) is 2. The largest absolute Gasteiger partial charge is 0.399 e. The van der Waals surface area contributed by atoms with Crippen LogP contribution >= 0.6 is 0 Å². The van der Waals surface area contributed by atoms with Gasteiger partial charge in [0.2, 0.25) is 0 Å². The van der Waals surface area contributed by atoms with Crippen molar-refractivity contribution in [3.05, 3.63) is 34.6 Å². The van der Waals surface area contributed by atoms with Crippen molar-refractivity contribution in [1.29, 1.82) is 0 Å². The lowest BCUT2D eigenvalue weighted by Crippen LogP contribution is -2.22. The fourth-order valence-electron chi connectivity index (χ4n) is 2.56. The third-order valence-corrected chi connectivity index (χ3v) is 3.98. The first kappa shape index (κ1) is 12.1. The minimum Gasteiger partial charge on any atom is -0.399 e. The van der Waals surface area contributed by atoms with Crippen LogP contribution in [-0.2, 0) is 7.05 Å². The van der Waals surface area contributed by atoms with Gasteiger partial charge in [-0.25, -0.2) is 0 Å². The molecule has 0 spiro atoms. The predicted octanol–water partition coefficient (Wildman–Crippen LogP) is 2.33. The molecule has 3 N–H and O–H groups in total. The first-order valence-electron chi connectivity index (χ1n) is 6.72. The maximum absolute atomic E-state index is 12.0. The minimum absolute atomic E-state index is 0.00256. The van der Waals surface area contributed by atoms with Gasteiger partial charge in [-0.1, -0.05) is 0 Å². The number of rotatable bonds is 3. The highest BCUT2D eigenvalue weighted by atomic mass is 16.1. The van der Waals surface area contributed by atoms with E-state index in [0.29, 0.717) is 11.7 Å². The number of nitrogens with one attached hydrogen (secondary N) is 1. The van der Waals surface area contributed by atoms with Crippen molar-refractivity contribution >= 4 is 22.3 Å². The Kier molecular flexibility index (Phi) is 2.73. The molecule has 19 heavy (non-hydrogen) atoms. The smallest absolute Gasteiger partial charge is 0.252 e. The molecular weight excluding hydrogens is 238 g/mol. The molecule has 0 bridgehead atoms. The van der Waals surface area contributed by atoms with E-state index in [-0.39, 0.29) is 5.56 Å². The summed E-state index contributed by atoms with van der Waals surface area (Å²) >= 11 is 0. The topological polar surface area (TPSA) is 60.0 Å². The van der Waals surface area contributed by atoms with E-state index >= 15 is 0 Å². The molecule has 4 heteroatoms. The van der Waals surface area contributed by atoms with Crippen molar-refractivity contribution in [3.63, 3.8) is 0 Å². The van der Waals surface area contributed by atoms with Crippen LogP contribution in [0.15, 0.2) is 29.1 Å². The molecule has 0 amide bonds. The van der Waals surface area contributed by atoms with Gasteiger partial charge in [-0.15, -0.1) is 0 Å². The van der Waals surface area contributed by atoms with Gasteiger partial charge in [-0.05, 0) is 43.9 Å². The Balaban J connectivity index is 2.13. The third kappa shape index (κ3) is 2.18. The molecule has 1 aliphatic carbocycles. The lowest BCUT2D eigenvalue weighted by atomic mass is 10.1. The molecule has 1 fully saturated rings. The van der Waals surface area contributed by atoms with Crippen molar-refractivity contribution in [3.8, 4) is 0 Å². The van der Waals surface area contributed by atoms with Gasteiger partial charge >= 0.3 is 0 Å². The van der Waals surface area contributed by atoms with E-state index in [1.54, 1.807) is 17.7 Å². The highest BCUT2D eigenvalue weighted by Gasteiger charge is 2.28. The molecule has 0 aliphatic heterocycles. The second-order valence-electron chi connectivity index (χ2n) is 5.50. The number of fused-ring (bicyclic) bond motifs is 1. The Labute approximate surface area is 112 Å². The Bertz CT molecular complexity index is 686. The molecule has 0 radical (unpaired) electrons. The first-order chi connectivity index (χ1) is 9.06. The van der Waals surface area contributed by atoms with Gasteiger partial charge in [0, 0.05) is 35.9 Å². The highest BCUT2D eigenvalue weighted by Crippen LogP contribution is 2.35. The number of nitrogens with zero attached hydrogens (tertiary/aromatic N) is 1. The van der Waals surface area contributed by atoms with Gasteiger partial charge in [0.15, 0.2) is 0 Å². The van der Waals surface area contributed by atoms with Crippen molar-refractivity contribution in [2.75, 3.05) is 11.1 Å². The minimum atomic E-state index is 0.00256. The van der Waals surface area contributed by atoms with Gasteiger partial charge in [0.1, 0.15) is 0 Å². The maximum Gasteiger partial charge on any atom is 0.252 e. The van der Waals surface area contributed by atoms with Crippen molar-refractivity contribution < 1.29 is 0 Å². The fourth-order valence-corrected chi connectivity index (χ4v) is 2.56. The van der Waals surface area contributed by atoms with Crippen LogP contribution < -0.4 is 16.6 Å². The highest BCUT2D eigenvalue weighted by molar-refractivity contribution is 5.93. The molecule has 1 saturated carbocycles. The van der Waals surface area contributed by atoms with E-state index in [0.717, 1.165) is 22.5 Å². The molecule has 1 unspecified atom stereocenters. The number of anilines is 2. The molecule has 4 nitrogen and oxygen atoms in total. The Morgan fingerprint density at radius 2 is 2.11 bits per heavy atom. The zero-order valence-electron chi connectivity index (χ0n) is 11.3. The van der Waals surface area contributed by atoms with E-state index in [1.807, 2.05) is 18.2 Å². The molecular formula is C15H19N3O. The zero-order valence-corrected chi connectivity index (χ0v) is 11.3. The van der Waals surface area contributed by atoms with Gasteiger partial charge in [-0.2, -0.15) is 0 Å². The monoisotopic (exact) mass is 257 g/mol. The summed E-state index contributed by atoms with van der Waals surface area (Å²) < 4.78 is 1.65. The van der Waals surface area contributed by atoms with Crippen LogP contribution in [0.2, 0.25) is 0 Å². The second kappa shape index (κ2) is 4.30. The Morgan fingerprint density at radius 3 is 2.79 bits per heavy atom. The predicted molar refractivity (Wildman–Crippen MR) is 79.4 cm³/mol. The Hall–Kier alpha value is -1.97. The summed E-state index contributed by atoms with van der Waals surface area (Å²) in [6.45, 7) is 2.17. The summed E-state index contributed by atoms with van der Waals surface area (Å²) in [5.74, 6) is 0.736. The number of pyridine rings is 1. The van der Waals surface area contributed by atoms with Crippen molar-refractivity contribution in [2.45, 2.75) is 25.8 Å². The van der Waals surface area contributed by atoms with Crippen molar-refractivity contribution in [2.24, 2.45) is 13.0 Å². The van der Waals surface area contributed by atoms with Gasteiger partial charge in [0.25, 0.3) is 5.56 Å². The van der Waals surface area contributed by atoms with Crippen LogP contribution in [-0.4, -0.2) is 10.6 Å². The van der Waals surface area contributed by atoms with E-state index in [4.69, 9.17) is 5.73 Å². The Morgan fingerprint density at radius 1 is 1.37 bits per heavy atom. The van der Waals surface area contributed by atoms with Crippen LogP contribution in [0, 0.1) is 5.92 Å². The molecule has 1 aromatic heterocycles. The van der Waals surface area contributed by atoms with Crippen LogP contribution in [0.3, 0.4) is 0 Å². The normalized spacial score (nSPS) is 16.5. The van der Waals surface area contributed by atoms with Crippen LogP contribution in [0.4, 0.5) is 11.4 Å². The maximum atomic E-state index is 12.0. The zero-order chi connectivity index (χ0) is 13.6. The average molecular weight is 257 g/mol. The standard InChI is InChI=1S/C15H19N3O/c1-9(10-3-4-10)17-13-8-15(19)18(2)14-6-5-11(16)7-12(13)14/h5-10,17H,3-4,16H2,1-2H3. The number of hydrogen-bond acceptors (Lipinski definition) is 3. The second-order valence-corrected chi connectivity index (χ2v) is 5.50. The summed E-state index contributed by atoms with van der Waals surface area (Å²) in [5, 5.41) is 4.48. The third-order valence-electron chi connectivity index (χ3n) is 3.98. The first-order valence-corrected chi connectivity index (χ1v) is 6.72. The van der Waals surface area contributed by atoms with Gasteiger partial charge in [-0.3, -0.25) is 4.79 Å². The van der Waals surface area contributed by atoms with Gasteiger partial charge < -0.3 is 15.6 Å². The summed E-state index contributed by atoms with van der Waals surface area (Å²) in [4.78, 5) is 12.0. The molecule has 2 aromatic rings. The summed E-state index contributed by atoms with van der Waals surface area (Å²) in [6.07, 6.45) is 2.55. The number of nitrogens with two attached hydrogens (primary N) is 1. The van der Waals surface area contributed by atoms with Crippen LogP contribution in [0.1, 0.15) is 19.8 Å². The molecule has 100 valence electrons. The molecule has 1 heterocycles. The van der Waals surface area contributed by atoms with Crippen LogP contribution in [0.5, 0.6) is 0 Å². The van der Waals surface area contributed by atoms with Crippen LogP contribution in [0.25, 0.3) is 10.9 Å². The van der Waals surface area contributed by atoms with E-state index in [9.17, 15) is 4.79 Å². The lowest BCUT2D eigenvalue weighted by Gasteiger charge is -2.17. The fraction of sp³-hybridized carbons (Fsp3) is 0.400. The van der Waals surface area contributed by atoms with E-state index in [1.165, 1.54) is 12.8 Å². The number of benzene rings is 1.